The highest BCUT2D eigenvalue weighted by molar-refractivity contribution is 9.10. The van der Waals surface area contributed by atoms with Gasteiger partial charge in [0.05, 0.1) is 12.1 Å². The molecule has 0 atom stereocenters. The van der Waals surface area contributed by atoms with Crippen LogP contribution >= 0.6 is 27.5 Å². The first kappa shape index (κ1) is 21.6. The Kier molecular flexibility index (Phi) is 7.71. The molecule has 7 nitrogen and oxygen atoms in total. The molecule has 3 N–H and O–H groups in total. The number of carbonyl (C=O) groups is 3. The van der Waals surface area contributed by atoms with Crippen LogP contribution in [0.15, 0.2) is 52.0 Å². The number of hydrogen-bond donors (Lipinski definition) is 3. The number of hydrazone groups is 1. The van der Waals surface area contributed by atoms with Crippen LogP contribution in [-0.2, 0) is 14.4 Å². The summed E-state index contributed by atoms with van der Waals surface area (Å²) < 4.78 is 0.749. The van der Waals surface area contributed by atoms with Crippen molar-refractivity contribution in [3.63, 3.8) is 0 Å². The molecule has 0 fully saturated rings. The summed E-state index contributed by atoms with van der Waals surface area (Å²) in [5.41, 5.74) is 4.33. The average Bonchev–Trinajstić information content (AvgIpc) is 2.64. The van der Waals surface area contributed by atoms with E-state index in [0.29, 0.717) is 22.1 Å². The fourth-order valence-electron chi connectivity index (χ4n) is 2.08. The lowest BCUT2D eigenvalue weighted by molar-refractivity contribution is -0.136. The summed E-state index contributed by atoms with van der Waals surface area (Å²) in [6.07, 6.45) is -0.0448. The zero-order chi connectivity index (χ0) is 20.7. The predicted octanol–water partition coefficient (Wildman–Crippen LogP) is 3.87. The highest BCUT2D eigenvalue weighted by atomic mass is 79.9. The van der Waals surface area contributed by atoms with E-state index in [1.165, 1.54) is 0 Å². The Bertz CT molecular complexity index is 947. The minimum absolute atomic E-state index is 0.0448. The molecule has 28 heavy (non-hydrogen) atoms. The number of nitrogens with zero attached hydrogens (tertiary/aromatic N) is 1. The van der Waals surface area contributed by atoms with Gasteiger partial charge in [-0.15, -0.1) is 0 Å². The molecule has 0 aliphatic rings. The minimum atomic E-state index is -0.956. The van der Waals surface area contributed by atoms with Crippen LogP contribution in [0.5, 0.6) is 0 Å². The van der Waals surface area contributed by atoms with E-state index < -0.39 is 11.8 Å². The standard InChI is InChI=1S/C19H18BrClN4O3/c1-11-7-8-13(10-15(11)21)22-18(27)19(28)25-24-12(2)9-17(26)23-16-6-4-3-5-14(16)20/h3-8,10H,9H2,1-2H3,(H,22,27)(H,23,26)(H,25,28). The van der Waals surface area contributed by atoms with Crippen molar-refractivity contribution in [1.82, 2.24) is 5.43 Å². The predicted molar refractivity (Wildman–Crippen MR) is 113 cm³/mol. The second-order valence-electron chi connectivity index (χ2n) is 5.91. The molecule has 0 aromatic heterocycles. The second-order valence-corrected chi connectivity index (χ2v) is 7.17. The minimum Gasteiger partial charge on any atom is -0.325 e. The van der Waals surface area contributed by atoms with Gasteiger partial charge in [0, 0.05) is 20.9 Å². The van der Waals surface area contributed by atoms with Gasteiger partial charge in [-0.3, -0.25) is 14.4 Å². The molecule has 9 heteroatoms. The highest BCUT2D eigenvalue weighted by Crippen LogP contribution is 2.21. The molecule has 2 aromatic carbocycles. The molecular formula is C19H18BrClN4O3. The number of nitrogens with one attached hydrogen (secondary N) is 3. The van der Waals surface area contributed by atoms with Gasteiger partial charge < -0.3 is 10.6 Å². The lowest BCUT2D eigenvalue weighted by atomic mass is 10.2. The van der Waals surface area contributed by atoms with Gasteiger partial charge in [0.25, 0.3) is 0 Å². The summed E-state index contributed by atoms with van der Waals surface area (Å²) in [5.74, 6) is -2.16. The summed E-state index contributed by atoms with van der Waals surface area (Å²) in [6, 6.07) is 12.1. The van der Waals surface area contributed by atoms with Crippen LogP contribution in [0.3, 0.4) is 0 Å². The molecule has 0 aliphatic heterocycles. The van der Waals surface area contributed by atoms with E-state index in [1.807, 2.05) is 13.0 Å². The lowest BCUT2D eigenvalue weighted by Crippen LogP contribution is -2.33. The van der Waals surface area contributed by atoms with Crippen molar-refractivity contribution in [3.8, 4) is 0 Å². The van der Waals surface area contributed by atoms with Gasteiger partial charge >= 0.3 is 11.8 Å². The smallest absolute Gasteiger partial charge is 0.325 e. The summed E-state index contributed by atoms with van der Waals surface area (Å²) in [4.78, 5) is 35.8. The van der Waals surface area contributed by atoms with Crippen LogP contribution in [0.1, 0.15) is 18.9 Å². The molecule has 2 aromatic rings. The largest absolute Gasteiger partial charge is 0.329 e. The molecular weight excluding hydrogens is 448 g/mol. The average molecular weight is 466 g/mol. The summed E-state index contributed by atoms with van der Waals surface area (Å²) in [7, 11) is 0. The number of para-hydroxylation sites is 1. The number of benzene rings is 2. The third-order valence-corrected chi connectivity index (χ3v) is 4.65. The Balaban J connectivity index is 1.86. The Labute approximate surface area is 175 Å². The molecule has 0 spiro atoms. The monoisotopic (exact) mass is 464 g/mol. The van der Waals surface area contributed by atoms with Gasteiger partial charge in [0.15, 0.2) is 0 Å². The van der Waals surface area contributed by atoms with Crippen molar-refractivity contribution < 1.29 is 14.4 Å². The van der Waals surface area contributed by atoms with Crippen molar-refractivity contribution >= 4 is 62.3 Å². The number of aryl methyl sites for hydroxylation is 1. The van der Waals surface area contributed by atoms with Crippen molar-refractivity contribution in [1.29, 1.82) is 0 Å². The number of rotatable bonds is 5. The van der Waals surface area contributed by atoms with E-state index in [-0.39, 0.29) is 12.3 Å². The molecule has 0 saturated heterocycles. The van der Waals surface area contributed by atoms with Crippen LogP contribution in [0, 0.1) is 6.92 Å². The Morgan fingerprint density at radius 3 is 2.46 bits per heavy atom. The first-order valence-corrected chi connectivity index (χ1v) is 9.38. The van der Waals surface area contributed by atoms with E-state index in [0.717, 1.165) is 10.0 Å². The van der Waals surface area contributed by atoms with E-state index >= 15 is 0 Å². The van der Waals surface area contributed by atoms with Gasteiger partial charge in [-0.2, -0.15) is 5.10 Å². The second kappa shape index (κ2) is 10.0. The van der Waals surface area contributed by atoms with Crippen molar-refractivity contribution in [2.24, 2.45) is 5.10 Å². The third-order valence-electron chi connectivity index (χ3n) is 3.55. The maximum absolute atomic E-state index is 12.0. The van der Waals surface area contributed by atoms with Gasteiger partial charge in [0.2, 0.25) is 5.91 Å². The fourth-order valence-corrected chi connectivity index (χ4v) is 2.65. The van der Waals surface area contributed by atoms with E-state index in [9.17, 15) is 14.4 Å². The molecule has 0 aliphatic carbocycles. The van der Waals surface area contributed by atoms with Crippen molar-refractivity contribution in [2.45, 2.75) is 20.3 Å². The number of carbonyl (C=O) groups excluding carboxylic acids is 3. The normalized spacial score (nSPS) is 10.9. The molecule has 0 saturated carbocycles. The SMILES string of the molecule is CC(CC(=O)Nc1ccccc1Br)=NNC(=O)C(=O)Nc1ccc(C)c(Cl)c1. The molecule has 0 radical (unpaired) electrons. The molecule has 3 amide bonds. The maximum Gasteiger partial charge on any atom is 0.329 e. The number of hydrogen-bond acceptors (Lipinski definition) is 4. The van der Waals surface area contributed by atoms with Crippen LogP contribution in [0.4, 0.5) is 11.4 Å². The van der Waals surface area contributed by atoms with E-state index in [4.69, 9.17) is 11.6 Å². The zero-order valence-electron chi connectivity index (χ0n) is 15.2. The van der Waals surface area contributed by atoms with Gasteiger partial charge in [-0.05, 0) is 59.6 Å². The van der Waals surface area contributed by atoms with Crippen LogP contribution in [0.25, 0.3) is 0 Å². The molecule has 0 heterocycles. The zero-order valence-corrected chi connectivity index (χ0v) is 17.5. The Hall–Kier alpha value is -2.71. The van der Waals surface area contributed by atoms with Crippen molar-refractivity contribution in [3.05, 3.63) is 57.5 Å². The number of anilines is 2. The lowest BCUT2D eigenvalue weighted by Gasteiger charge is -2.08. The summed E-state index contributed by atoms with van der Waals surface area (Å²) in [5, 5.41) is 9.40. The van der Waals surface area contributed by atoms with Gasteiger partial charge in [-0.25, -0.2) is 5.43 Å². The van der Waals surface area contributed by atoms with Crippen molar-refractivity contribution in [2.75, 3.05) is 10.6 Å². The van der Waals surface area contributed by atoms with Crippen LogP contribution in [-0.4, -0.2) is 23.4 Å². The Morgan fingerprint density at radius 1 is 1.07 bits per heavy atom. The highest BCUT2D eigenvalue weighted by Gasteiger charge is 2.14. The first-order valence-electron chi connectivity index (χ1n) is 8.21. The number of halogens is 2. The molecule has 0 bridgehead atoms. The number of amides is 3. The first-order chi connectivity index (χ1) is 13.3. The molecule has 146 valence electrons. The summed E-state index contributed by atoms with van der Waals surface area (Å²) >= 11 is 9.32. The van der Waals surface area contributed by atoms with Gasteiger partial charge in [-0.1, -0.05) is 29.8 Å². The Morgan fingerprint density at radius 2 is 1.79 bits per heavy atom. The summed E-state index contributed by atoms with van der Waals surface area (Å²) in [6.45, 7) is 3.39. The van der Waals surface area contributed by atoms with E-state index in [1.54, 1.807) is 43.3 Å². The molecule has 2 rings (SSSR count). The third kappa shape index (κ3) is 6.47. The van der Waals surface area contributed by atoms with E-state index in [2.05, 4.69) is 37.1 Å². The fraction of sp³-hybridized carbons (Fsp3) is 0.158. The van der Waals surface area contributed by atoms with Crippen LogP contribution in [0.2, 0.25) is 5.02 Å². The quantitative estimate of drug-likeness (QED) is 0.355. The topological polar surface area (TPSA) is 99.7 Å². The molecule has 0 unspecified atom stereocenters. The van der Waals surface area contributed by atoms with Crippen LogP contribution < -0.4 is 16.1 Å². The van der Waals surface area contributed by atoms with Gasteiger partial charge in [0.1, 0.15) is 0 Å². The maximum atomic E-state index is 12.0.